The first kappa shape index (κ1) is 24.3. The maximum atomic E-state index is 12.9. The van der Waals surface area contributed by atoms with Crippen LogP contribution in [0.25, 0.3) is 0 Å². The third-order valence-corrected chi connectivity index (χ3v) is 6.26. The van der Waals surface area contributed by atoms with Crippen molar-refractivity contribution in [1.82, 2.24) is 15.5 Å². The molecule has 0 saturated carbocycles. The van der Waals surface area contributed by atoms with Crippen LogP contribution in [0.1, 0.15) is 15.9 Å². The van der Waals surface area contributed by atoms with Gasteiger partial charge in [0.25, 0.3) is 5.91 Å². The molecule has 9 nitrogen and oxygen atoms in total. The summed E-state index contributed by atoms with van der Waals surface area (Å²) in [6.07, 6.45) is 0. The zero-order chi connectivity index (χ0) is 23.8. The third kappa shape index (κ3) is 6.56. The van der Waals surface area contributed by atoms with Gasteiger partial charge in [0.15, 0.2) is 15.8 Å². The summed E-state index contributed by atoms with van der Waals surface area (Å²) < 4.78 is 29.2. The summed E-state index contributed by atoms with van der Waals surface area (Å²) in [5, 5.41) is 13.6. The first-order valence-corrected chi connectivity index (χ1v) is 11.3. The number of carbonyl (C=O) groups excluding carboxylic acids is 2. The molecule has 2 aromatic carbocycles. The van der Waals surface area contributed by atoms with Crippen LogP contribution in [0.15, 0.2) is 40.7 Å². The fourth-order valence-electron chi connectivity index (χ4n) is 2.68. The number of halogens is 1. The summed E-state index contributed by atoms with van der Waals surface area (Å²) in [5.41, 5.74) is 1.08. The number of amides is 2. The quantitative estimate of drug-likeness (QED) is 0.327. The number of thioether (sulfide) groups is 1. The second-order valence-corrected chi connectivity index (χ2v) is 8.63. The Morgan fingerprint density at radius 2 is 1.70 bits per heavy atom. The molecule has 1 heterocycles. The van der Waals surface area contributed by atoms with E-state index >= 15 is 0 Å². The van der Waals surface area contributed by atoms with Gasteiger partial charge in [0, 0.05) is 12.1 Å². The topological polar surface area (TPSA) is 112 Å². The molecule has 12 heteroatoms. The van der Waals surface area contributed by atoms with Crippen molar-refractivity contribution in [2.45, 2.75) is 10.9 Å². The largest absolute Gasteiger partial charge is 0.493 e. The van der Waals surface area contributed by atoms with Crippen LogP contribution in [-0.2, 0) is 11.3 Å². The SMILES string of the molecule is COc1cc(C(=O)Nc2nnc(SCC(=O)NCc3ccc(F)cc3)s2)cc(OC)c1OC. The molecule has 0 fully saturated rings. The van der Waals surface area contributed by atoms with Gasteiger partial charge in [0.05, 0.1) is 27.1 Å². The Bertz CT molecular complexity index is 1100. The maximum Gasteiger partial charge on any atom is 0.257 e. The van der Waals surface area contributed by atoms with E-state index in [1.165, 1.54) is 57.4 Å². The summed E-state index contributed by atoms with van der Waals surface area (Å²) >= 11 is 2.33. The number of aromatic nitrogens is 2. The summed E-state index contributed by atoms with van der Waals surface area (Å²) in [6.45, 7) is 0.298. The number of hydrogen-bond donors (Lipinski definition) is 2. The molecule has 0 aliphatic carbocycles. The normalized spacial score (nSPS) is 10.4. The van der Waals surface area contributed by atoms with E-state index < -0.39 is 5.91 Å². The number of anilines is 1. The van der Waals surface area contributed by atoms with Gasteiger partial charge >= 0.3 is 0 Å². The minimum atomic E-state index is -0.431. The van der Waals surface area contributed by atoms with Crippen LogP contribution in [0.4, 0.5) is 9.52 Å². The Kier molecular flexibility index (Phi) is 8.44. The highest BCUT2D eigenvalue weighted by atomic mass is 32.2. The van der Waals surface area contributed by atoms with E-state index in [1.807, 2.05) is 0 Å². The number of nitrogens with zero attached hydrogens (tertiary/aromatic N) is 2. The van der Waals surface area contributed by atoms with Crippen LogP contribution in [0.5, 0.6) is 17.2 Å². The van der Waals surface area contributed by atoms with Crippen molar-refractivity contribution in [3.05, 3.63) is 53.3 Å². The predicted molar refractivity (Wildman–Crippen MR) is 123 cm³/mol. The predicted octanol–water partition coefficient (Wildman–Crippen LogP) is 3.36. The lowest BCUT2D eigenvalue weighted by Crippen LogP contribution is -2.24. The molecule has 33 heavy (non-hydrogen) atoms. The van der Waals surface area contributed by atoms with Crippen molar-refractivity contribution in [2.24, 2.45) is 0 Å². The number of ether oxygens (including phenoxy) is 3. The molecule has 2 amide bonds. The standard InChI is InChI=1S/C21H21FN4O5S2/c1-29-15-8-13(9-16(30-2)18(15)31-3)19(28)24-20-25-26-21(33-20)32-11-17(27)23-10-12-4-6-14(22)7-5-12/h4-9H,10-11H2,1-3H3,(H,23,27)(H,24,25,28). The fourth-order valence-corrected chi connectivity index (χ4v) is 4.26. The second kappa shape index (κ2) is 11.5. The monoisotopic (exact) mass is 492 g/mol. The van der Waals surface area contributed by atoms with Crippen LogP contribution in [0.2, 0.25) is 0 Å². The van der Waals surface area contributed by atoms with Gasteiger partial charge in [-0.15, -0.1) is 10.2 Å². The summed E-state index contributed by atoms with van der Waals surface area (Å²) in [6, 6.07) is 8.95. The van der Waals surface area contributed by atoms with Crippen LogP contribution < -0.4 is 24.8 Å². The van der Waals surface area contributed by atoms with E-state index in [0.29, 0.717) is 28.1 Å². The van der Waals surface area contributed by atoms with Gasteiger partial charge in [0.2, 0.25) is 16.8 Å². The number of benzene rings is 2. The molecule has 0 spiro atoms. The van der Waals surface area contributed by atoms with Gasteiger partial charge in [-0.25, -0.2) is 4.39 Å². The molecule has 0 aliphatic heterocycles. The zero-order valence-corrected chi connectivity index (χ0v) is 19.6. The molecule has 2 N–H and O–H groups in total. The molecule has 1 aromatic heterocycles. The lowest BCUT2D eigenvalue weighted by Gasteiger charge is -2.13. The number of methoxy groups -OCH3 is 3. The summed E-state index contributed by atoms with van der Waals surface area (Å²) in [4.78, 5) is 24.7. The molecule has 0 atom stereocenters. The maximum absolute atomic E-state index is 12.9. The highest BCUT2D eigenvalue weighted by Gasteiger charge is 2.18. The van der Waals surface area contributed by atoms with Gasteiger partial charge in [-0.05, 0) is 29.8 Å². The average Bonchev–Trinajstić information content (AvgIpc) is 3.28. The fraction of sp³-hybridized carbons (Fsp3) is 0.238. The average molecular weight is 493 g/mol. The Morgan fingerprint density at radius 1 is 1.03 bits per heavy atom. The second-order valence-electron chi connectivity index (χ2n) is 6.43. The third-order valence-electron chi connectivity index (χ3n) is 4.28. The Hall–Kier alpha value is -3.38. The number of rotatable bonds is 10. The molecule has 3 aromatic rings. The first-order valence-electron chi connectivity index (χ1n) is 9.52. The van der Waals surface area contributed by atoms with Crippen molar-refractivity contribution in [2.75, 3.05) is 32.4 Å². The lowest BCUT2D eigenvalue weighted by molar-refractivity contribution is -0.118. The van der Waals surface area contributed by atoms with Gasteiger partial charge in [-0.3, -0.25) is 14.9 Å². The minimum Gasteiger partial charge on any atom is -0.493 e. The van der Waals surface area contributed by atoms with E-state index in [9.17, 15) is 14.0 Å². The van der Waals surface area contributed by atoms with Gasteiger partial charge in [-0.2, -0.15) is 0 Å². The van der Waals surface area contributed by atoms with Crippen LogP contribution in [-0.4, -0.2) is 49.1 Å². The van der Waals surface area contributed by atoms with Crippen LogP contribution in [0.3, 0.4) is 0 Å². The molecule has 0 radical (unpaired) electrons. The Morgan fingerprint density at radius 3 is 2.30 bits per heavy atom. The molecule has 0 saturated heterocycles. The minimum absolute atomic E-state index is 0.122. The number of nitrogens with one attached hydrogen (secondary N) is 2. The van der Waals surface area contributed by atoms with Gasteiger partial charge in [-0.1, -0.05) is 35.2 Å². The molecule has 0 bridgehead atoms. The molecular formula is C21H21FN4O5S2. The van der Waals surface area contributed by atoms with E-state index in [4.69, 9.17) is 14.2 Å². The van der Waals surface area contributed by atoms with E-state index in [1.54, 1.807) is 12.1 Å². The van der Waals surface area contributed by atoms with Gasteiger partial charge < -0.3 is 19.5 Å². The lowest BCUT2D eigenvalue weighted by atomic mass is 10.1. The molecule has 0 unspecified atom stereocenters. The van der Waals surface area contributed by atoms with Crippen molar-refractivity contribution in [1.29, 1.82) is 0 Å². The smallest absolute Gasteiger partial charge is 0.257 e. The number of hydrogen-bond acceptors (Lipinski definition) is 9. The van der Waals surface area contributed by atoms with Crippen molar-refractivity contribution >= 4 is 40.0 Å². The Labute approximate surface area is 197 Å². The molecule has 174 valence electrons. The Balaban J connectivity index is 1.54. The highest BCUT2D eigenvalue weighted by Crippen LogP contribution is 2.38. The van der Waals surface area contributed by atoms with Gasteiger partial charge in [0.1, 0.15) is 5.82 Å². The van der Waals surface area contributed by atoms with Crippen molar-refractivity contribution < 1.29 is 28.2 Å². The van der Waals surface area contributed by atoms with Crippen LogP contribution in [0, 0.1) is 5.82 Å². The van der Waals surface area contributed by atoms with E-state index in [-0.39, 0.29) is 28.2 Å². The summed E-state index contributed by atoms with van der Waals surface area (Å²) in [7, 11) is 4.40. The number of carbonyl (C=O) groups is 2. The first-order chi connectivity index (χ1) is 15.9. The van der Waals surface area contributed by atoms with E-state index in [2.05, 4.69) is 20.8 Å². The molecular weight excluding hydrogens is 471 g/mol. The molecule has 3 rings (SSSR count). The highest BCUT2D eigenvalue weighted by molar-refractivity contribution is 8.01. The van der Waals surface area contributed by atoms with Crippen molar-refractivity contribution in [3.8, 4) is 17.2 Å². The van der Waals surface area contributed by atoms with E-state index in [0.717, 1.165) is 16.9 Å². The summed E-state index contributed by atoms with van der Waals surface area (Å²) in [5.74, 6) is 0.233. The zero-order valence-electron chi connectivity index (χ0n) is 18.0. The van der Waals surface area contributed by atoms with Crippen LogP contribution >= 0.6 is 23.1 Å². The van der Waals surface area contributed by atoms with Crippen molar-refractivity contribution in [3.63, 3.8) is 0 Å². The molecule has 0 aliphatic rings.